The largest absolute Gasteiger partial charge is 0.478 e. The molecule has 0 radical (unpaired) electrons. The van der Waals surface area contributed by atoms with E-state index in [0.717, 1.165) is 31.4 Å². The summed E-state index contributed by atoms with van der Waals surface area (Å²) in [7, 11) is 0. The number of carbonyl (C=O) groups excluding carboxylic acids is 1. The zero-order valence-electron chi connectivity index (χ0n) is 10.9. The van der Waals surface area contributed by atoms with Crippen LogP contribution in [0, 0.1) is 0 Å². The third-order valence-electron chi connectivity index (χ3n) is 2.51. The molecule has 4 nitrogen and oxygen atoms in total. The summed E-state index contributed by atoms with van der Waals surface area (Å²) in [6.07, 6.45) is 11.8. The Labute approximate surface area is 109 Å². The Morgan fingerprint density at radius 1 is 1.00 bits per heavy atom. The second-order valence-corrected chi connectivity index (χ2v) is 4.16. The number of hydrogen-bond donors (Lipinski definition) is 2. The standard InChI is InChI=1S/C14H23NO3/c1-2-3-4-5-6-7-8-9-12-15-13(16)10-11-14(17)18/h2,10-11H,1,3-9,12H2,(H,15,16)(H,17,18)/b11-10+. The summed E-state index contributed by atoms with van der Waals surface area (Å²) in [5.74, 6) is -1.45. The van der Waals surface area contributed by atoms with E-state index in [0.29, 0.717) is 6.54 Å². The Morgan fingerprint density at radius 3 is 2.22 bits per heavy atom. The quantitative estimate of drug-likeness (QED) is 0.338. The second-order valence-electron chi connectivity index (χ2n) is 4.16. The maximum atomic E-state index is 11.1. The molecule has 0 saturated carbocycles. The van der Waals surface area contributed by atoms with Gasteiger partial charge in [0.2, 0.25) is 5.91 Å². The molecule has 0 atom stereocenters. The van der Waals surface area contributed by atoms with Gasteiger partial charge in [0, 0.05) is 18.7 Å². The van der Waals surface area contributed by atoms with Crippen LogP contribution in [0.2, 0.25) is 0 Å². The second kappa shape index (κ2) is 11.9. The van der Waals surface area contributed by atoms with Crippen molar-refractivity contribution >= 4 is 11.9 Å². The minimum atomic E-state index is -1.11. The van der Waals surface area contributed by atoms with Crippen molar-refractivity contribution in [2.24, 2.45) is 0 Å². The third-order valence-corrected chi connectivity index (χ3v) is 2.51. The molecule has 0 fully saturated rings. The Bertz CT molecular complexity index is 285. The number of carboxylic acids is 1. The van der Waals surface area contributed by atoms with E-state index in [1.54, 1.807) is 0 Å². The molecule has 0 bridgehead atoms. The predicted octanol–water partition coefficient (Wildman–Crippen LogP) is 2.66. The van der Waals surface area contributed by atoms with E-state index in [2.05, 4.69) is 11.9 Å². The van der Waals surface area contributed by atoms with Crippen LogP contribution in [0.1, 0.15) is 44.9 Å². The van der Waals surface area contributed by atoms with Crippen molar-refractivity contribution in [2.75, 3.05) is 6.54 Å². The van der Waals surface area contributed by atoms with Crippen LogP contribution in [-0.2, 0) is 9.59 Å². The number of unbranched alkanes of at least 4 members (excludes halogenated alkanes) is 6. The molecule has 102 valence electrons. The molecule has 0 saturated heterocycles. The highest BCUT2D eigenvalue weighted by molar-refractivity contribution is 5.93. The lowest BCUT2D eigenvalue weighted by Crippen LogP contribution is -2.22. The molecule has 0 spiro atoms. The normalized spacial score (nSPS) is 10.4. The fraction of sp³-hybridized carbons (Fsp3) is 0.571. The van der Waals surface area contributed by atoms with Crippen molar-refractivity contribution in [3.8, 4) is 0 Å². The molecule has 0 aliphatic rings. The number of nitrogens with one attached hydrogen (secondary N) is 1. The molecule has 0 aromatic rings. The first-order chi connectivity index (χ1) is 8.66. The molecule has 2 N–H and O–H groups in total. The van der Waals surface area contributed by atoms with Gasteiger partial charge < -0.3 is 10.4 Å². The van der Waals surface area contributed by atoms with E-state index >= 15 is 0 Å². The van der Waals surface area contributed by atoms with Gasteiger partial charge in [-0.05, 0) is 19.3 Å². The molecule has 0 rings (SSSR count). The Balaban J connectivity index is 3.27. The molecule has 0 aromatic heterocycles. The van der Waals surface area contributed by atoms with Gasteiger partial charge in [-0.2, -0.15) is 0 Å². The van der Waals surface area contributed by atoms with Crippen LogP contribution >= 0.6 is 0 Å². The molecular formula is C14H23NO3. The third kappa shape index (κ3) is 12.5. The van der Waals surface area contributed by atoms with E-state index in [1.807, 2.05) is 6.08 Å². The topological polar surface area (TPSA) is 66.4 Å². The zero-order chi connectivity index (χ0) is 13.6. The smallest absolute Gasteiger partial charge is 0.328 e. The maximum Gasteiger partial charge on any atom is 0.328 e. The molecule has 0 heterocycles. The average Bonchev–Trinajstić information content (AvgIpc) is 2.34. The summed E-state index contributed by atoms with van der Waals surface area (Å²) in [6, 6.07) is 0. The first kappa shape index (κ1) is 16.4. The minimum absolute atomic E-state index is 0.344. The van der Waals surface area contributed by atoms with Crippen LogP contribution in [-0.4, -0.2) is 23.5 Å². The molecule has 0 aliphatic heterocycles. The van der Waals surface area contributed by atoms with E-state index in [1.165, 1.54) is 25.7 Å². The van der Waals surface area contributed by atoms with E-state index in [4.69, 9.17) is 5.11 Å². The van der Waals surface area contributed by atoms with Crippen molar-refractivity contribution in [2.45, 2.75) is 44.9 Å². The van der Waals surface area contributed by atoms with Crippen LogP contribution in [0.15, 0.2) is 24.8 Å². The summed E-state index contributed by atoms with van der Waals surface area (Å²) in [4.78, 5) is 21.2. The van der Waals surface area contributed by atoms with E-state index in [9.17, 15) is 9.59 Å². The van der Waals surface area contributed by atoms with Gasteiger partial charge in [0.25, 0.3) is 0 Å². The van der Waals surface area contributed by atoms with Gasteiger partial charge >= 0.3 is 5.97 Å². The lowest BCUT2D eigenvalue weighted by atomic mass is 10.1. The number of carboxylic acid groups (broad SMARTS) is 1. The Hall–Kier alpha value is -1.58. The highest BCUT2D eigenvalue weighted by Crippen LogP contribution is 2.06. The lowest BCUT2D eigenvalue weighted by molar-refractivity contribution is -0.131. The maximum absolute atomic E-state index is 11.1. The fourth-order valence-electron chi connectivity index (χ4n) is 1.54. The summed E-state index contributed by atoms with van der Waals surface area (Å²) in [6.45, 7) is 4.29. The number of aliphatic carboxylic acids is 1. The monoisotopic (exact) mass is 253 g/mol. The van der Waals surface area contributed by atoms with Crippen LogP contribution in [0.4, 0.5) is 0 Å². The first-order valence-corrected chi connectivity index (χ1v) is 6.46. The van der Waals surface area contributed by atoms with Gasteiger partial charge in [-0.1, -0.05) is 31.8 Å². The lowest BCUT2D eigenvalue weighted by Gasteiger charge is -2.02. The van der Waals surface area contributed by atoms with Gasteiger partial charge in [-0.15, -0.1) is 6.58 Å². The summed E-state index contributed by atoms with van der Waals surface area (Å²) in [5.41, 5.74) is 0. The van der Waals surface area contributed by atoms with Crippen molar-refractivity contribution in [3.63, 3.8) is 0 Å². The molecule has 1 amide bonds. The molecule has 0 aliphatic carbocycles. The van der Waals surface area contributed by atoms with E-state index in [-0.39, 0.29) is 5.91 Å². The SMILES string of the molecule is C=CCCCCCCCCNC(=O)/C=C/C(=O)O. The van der Waals surface area contributed by atoms with Crippen molar-refractivity contribution < 1.29 is 14.7 Å². The molecule has 0 aromatic carbocycles. The number of amides is 1. The number of carbonyl (C=O) groups is 2. The molecule has 0 unspecified atom stereocenters. The summed E-state index contributed by atoms with van der Waals surface area (Å²) < 4.78 is 0. The van der Waals surface area contributed by atoms with Crippen molar-refractivity contribution in [3.05, 3.63) is 24.8 Å². The summed E-state index contributed by atoms with van der Waals surface area (Å²) >= 11 is 0. The molecule has 18 heavy (non-hydrogen) atoms. The van der Waals surface area contributed by atoms with Crippen molar-refractivity contribution in [1.82, 2.24) is 5.32 Å². The van der Waals surface area contributed by atoms with Gasteiger partial charge in [-0.25, -0.2) is 4.79 Å². The number of hydrogen-bond acceptors (Lipinski definition) is 2. The predicted molar refractivity (Wildman–Crippen MR) is 72.3 cm³/mol. The molecule has 4 heteroatoms. The average molecular weight is 253 g/mol. The van der Waals surface area contributed by atoms with Crippen LogP contribution < -0.4 is 5.32 Å². The van der Waals surface area contributed by atoms with Gasteiger partial charge in [0.05, 0.1) is 0 Å². The van der Waals surface area contributed by atoms with E-state index < -0.39 is 5.97 Å². The van der Waals surface area contributed by atoms with Gasteiger partial charge in [0.1, 0.15) is 0 Å². The van der Waals surface area contributed by atoms with Gasteiger partial charge in [0.15, 0.2) is 0 Å². The summed E-state index contributed by atoms with van der Waals surface area (Å²) in [5, 5.41) is 11.0. The Kier molecular flexibility index (Phi) is 10.8. The van der Waals surface area contributed by atoms with Crippen LogP contribution in [0.25, 0.3) is 0 Å². The first-order valence-electron chi connectivity index (χ1n) is 6.46. The molecular weight excluding hydrogens is 230 g/mol. The number of rotatable bonds is 11. The van der Waals surface area contributed by atoms with Crippen LogP contribution in [0.3, 0.4) is 0 Å². The fourth-order valence-corrected chi connectivity index (χ4v) is 1.54. The van der Waals surface area contributed by atoms with Crippen LogP contribution in [0.5, 0.6) is 0 Å². The number of allylic oxidation sites excluding steroid dienone is 1. The highest BCUT2D eigenvalue weighted by Gasteiger charge is 1.96. The zero-order valence-corrected chi connectivity index (χ0v) is 10.9. The van der Waals surface area contributed by atoms with Gasteiger partial charge in [-0.3, -0.25) is 4.79 Å². The highest BCUT2D eigenvalue weighted by atomic mass is 16.4. The van der Waals surface area contributed by atoms with Crippen molar-refractivity contribution in [1.29, 1.82) is 0 Å². The Morgan fingerprint density at radius 2 is 1.61 bits per heavy atom. The minimum Gasteiger partial charge on any atom is -0.478 e.